The first-order chi connectivity index (χ1) is 9.02. The second-order valence-corrected chi connectivity index (χ2v) is 6.36. The Hall–Kier alpha value is -0.580. The van der Waals surface area contributed by atoms with E-state index in [-0.39, 0.29) is 5.60 Å². The van der Waals surface area contributed by atoms with Crippen LogP contribution in [0.2, 0.25) is 0 Å². The Balaban J connectivity index is 1.97. The van der Waals surface area contributed by atoms with Crippen LogP contribution in [0.3, 0.4) is 0 Å². The molecule has 0 spiro atoms. The largest absolute Gasteiger partial charge is 0.493 e. The maximum atomic E-state index is 5.72. The minimum atomic E-state index is -0.134. The first-order valence-electron chi connectivity index (χ1n) is 6.80. The topological polar surface area (TPSA) is 30.5 Å². The van der Waals surface area contributed by atoms with Crippen molar-refractivity contribution >= 4 is 15.9 Å². The molecule has 2 rings (SSSR count). The summed E-state index contributed by atoms with van der Waals surface area (Å²) in [5.74, 6) is 1.06. The normalized spacial score (nSPS) is 14.3. The van der Waals surface area contributed by atoms with E-state index in [0.717, 1.165) is 42.9 Å². The van der Waals surface area contributed by atoms with Gasteiger partial charge in [0.25, 0.3) is 0 Å². The first-order valence-corrected chi connectivity index (χ1v) is 7.60. The molecule has 0 saturated heterocycles. The molecule has 0 atom stereocenters. The highest BCUT2D eigenvalue weighted by Gasteiger charge is 2.19. The van der Waals surface area contributed by atoms with Crippen molar-refractivity contribution < 1.29 is 9.47 Å². The summed E-state index contributed by atoms with van der Waals surface area (Å²) in [7, 11) is 0. The molecule has 1 heterocycles. The quantitative estimate of drug-likeness (QED) is 0.869. The van der Waals surface area contributed by atoms with Gasteiger partial charge in [-0.05, 0) is 38.5 Å². The molecule has 3 nitrogen and oxygen atoms in total. The molecule has 0 bridgehead atoms. The van der Waals surface area contributed by atoms with Crippen LogP contribution in [0.15, 0.2) is 16.6 Å². The van der Waals surface area contributed by atoms with Crippen LogP contribution in [0.4, 0.5) is 0 Å². The SMILES string of the molecule is CCOC(C)(C)CNCc1cc(Br)cc2c1OCC2. The molecule has 0 aliphatic carbocycles. The standard InChI is InChI=1S/C15H22BrNO2/c1-4-19-15(2,3)10-17-9-12-8-13(16)7-11-5-6-18-14(11)12/h7-8,17H,4-6,9-10H2,1-3H3. The molecule has 19 heavy (non-hydrogen) atoms. The van der Waals surface area contributed by atoms with Gasteiger partial charge in [-0.1, -0.05) is 15.9 Å². The number of rotatable bonds is 6. The molecule has 0 unspecified atom stereocenters. The highest BCUT2D eigenvalue weighted by molar-refractivity contribution is 9.10. The lowest BCUT2D eigenvalue weighted by molar-refractivity contribution is -0.00900. The molecule has 0 fully saturated rings. The molecule has 106 valence electrons. The van der Waals surface area contributed by atoms with E-state index in [1.165, 1.54) is 11.1 Å². The van der Waals surface area contributed by atoms with E-state index < -0.39 is 0 Å². The van der Waals surface area contributed by atoms with Crippen molar-refractivity contribution in [2.75, 3.05) is 19.8 Å². The third kappa shape index (κ3) is 3.94. The average Bonchev–Trinajstić information content (AvgIpc) is 2.76. The third-order valence-electron chi connectivity index (χ3n) is 3.23. The number of benzene rings is 1. The van der Waals surface area contributed by atoms with Gasteiger partial charge >= 0.3 is 0 Å². The van der Waals surface area contributed by atoms with Gasteiger partial charge in [-0.15, -0.1) is 0 Å². The Kier molecular flexibility index (Phi) is 4.87. The molecule has 1 aromatic rings. The Labute approximate surface area is 123 Å². The third-order valence-corrected chi connectivity index (χ3v) is 3.68. The van der Waals surface area contributed by atoms with Crippen molar-refractivity contribution in [3.8, 4) is 5.75 Å². The van der Waals surface area contributed by atoms with E-state index in [9.17, 15) is 0 Å². The summed E-state index contributed by atoms with van der Waals surface area (Å²) in [6.07, 6.45) is 1.01. The molecule has 0 radical (unpaired) electrons. The van der Waals surface area contributed by atoms with Crippen LogP contribution >= 0.6 is 15.9 Å². The molecule has 0 saturated carbocycles. The lowest BCUT2D eigenvalue weighted by atomic mass is 10.1. The summed E-state index contributed by atoms with van der Waals surface area (Å²) in [5, 5.41) is 3.46. The van der Waals surface area contributed by atoms with E-state index in [1.54, 1.807) is 0 Å². The highest BCUT2D eigenvalue weighted by atomic mass is 79.9. The summed E-state index contributed by atoms with van der Waals surface area (Å²) in [5.41, 5.74) is 2.38. The van der Waals surface area contributed by atoms with Gasteiger partial charge in [0.2, 0.25) is 0 Å². The van der Waals surface area contributed by atoms with Crippen LogP contribution < -0.4 is 10.1 Å². The van der Waals surface area contributed by atoms with Crippen molar-refractivity contribution in [1.29, 1.82) is 0 Å². The number of hydrogen-bond donors (Lipinski definition) is 1. The van der Waals surface area contributed by atoms with Gasteiger partial charge in [0.1, 0.15) is 5.75 Å². The van der Waals surface area contributed by atoms with E-state index in [1.807, 2.05) is 6.92 Å². The fraction of sp³-hybridized carbons (Fsp3) is 0.600. The number of ether oxygens (including phenoxy) is 2. The van der Waals surface area contributed by atoms with Crippen molar-refractivity contribution in [3.63, 3.8) is 0 Å². The zero-order valence-electron chi connectivity index (χ0n) is 11.9. The van der Waals surface area contributed by atoms with Crippen LogP contribution in [-0.2, 0) is 17.7 Å². The number of halogens is 1. The molecular weight excluding hydrogens is 306 g/mol. The van der Waals surface area contributed by atoms with Crippen LogP contribution in [-0.4, -0.2) is 25.4 Å². The first kappa shape index (κ1) is 14.8. The molecule has 4 heteroatoms. The van der Waals surface area contributed by atoms with Crippen molar-refractivity contribution in [2.45, 2.75) is 39.3 Å². The Morgan fingerprint density at radius 1 is 1.42 bits per heavy atom. The average molecular weight is 328 g/mol. The van der Waals surface area contributed by atoms with Crippen molar-refractivity contribution in [1.82, 2.24) is 5.32 Å². The summed E-state index contributed by atoms with van der Waals surface area (Å²) in [4.78, 5) is 0. The smallest absolute Gasteiger partial charge is 0.127 e. The van der Waals surface area contributed by atoms with Crippen molar-refractivity contribution in [2.24, 2.45) is 0 Å². The molecule has 0 aromatic heterocycles. The Morgan fingerprint density at radius 2 is 2.21 bits per heavy atom. The monoisotopic (exact) mass is 327 g/mol. The second kappa shape index (κ2) is 6.25. The molecule has 1 aromatic carbocycles. The van der Waals surface area contributed by atoms with Gasteiger partial charge in [0.15, 0.2) is 0 Å². The predicted octanol–water partition coefficient (Wildman–Crippen LogP) is 3.29. The predicted molar refractivity (Wildman–Crippen MR) is 80.8 cm³/mol. The molecule has 0 amide bonds. The minimum absolute atomic E-state index is 0.134. The van der Waals surface area contributed by atoms with E-state index >= 15 is 0 Å². The Morgan fingerprint density at radius 3 is 2.95 bits per heavy atom. The summed E-state index contributed by atoms with van der Waals surface area (Å²) in [6, 6.07) is 4.28. The van der Waals surface area contributed by atoms with Crippen LogP contribution in [0.25, 0.3) is 0 Å². The fourth-order valence-electron chi connectivity index (χ4n) is 2.42. The fourth-order valence-corrected chi connectivity index (χ4v) is 2.97. The zero-order chi connectivity index (χ0) is 13.9. The van der Waals surface area contributed by atoms with Gasteiger partial charge < -0.3 is 14.8 Å². The lowest BCUT2D eigenvalue weighted by Gasteiger charge is -2.25. The van der Waals surface area contributed by atoms with E-state index in [0.29, 0.717) is 0 Å². The Bertz CT molecular complexity index is 446. The van der Waals surface area contributed by atoms with Crippen LogP contribution in [0, 0.1) is 0 Å². The van der Waals surface area contributed by atoms with Crippen LogP contribution in [0.5, 0.6) is 5.75 Å². The molecule has 1 N–H and O–H groups in total. The number of fused-ring (bicyclic) bond motifs is 1. The van der Waals surface area contributed by atoms with Crippen LogP contribution in [0.1, 0.15) is 31.9 Å². The van der Waals surface area contributed by atoms with Gasteiger partial charge in [-0.3, -0.25) is 0 Å². The summed E-state index contributed by atoms with van der Waals surface area (Å²) in [6.45, 7) is 9.39. The minimum Gasteiger partial charge on any atom is -0.493 e. The van der Waals surface area contributed by atoms with Gasteiger partial charge in [0.05, 0.1) is 12.2 Å². The second-order valence-electron chi connectivity index (χ2n) is 5.45. The maximum absolute atomic E-state index is 5.72. The lowest BCUT2D eigenvalue weighted by Crippen LogP contribution is -2.37. The van der Waals surface area contributed by atoms with Crippen molar-refractivity contribution in [3.05, 3.63) is 27.7 Å². The maximum Gasteiger partial charge on any atom is 0.127 e. The van der Waals surface area contributed by atoms with Gasteiger partial charge in [0, 0.05) is 36.2 Å². The number of hydrogen-bond acceptors (Lipinski definition) is 3. The highest BCUT2D eigenvalue weighted by Crippen LogP contribution is 2.32. The van der Waals surface area contributed by atoms with E-state index in [4.69, 9.17) is 9.47 Å². The molecular formula is C15H22BrNO2. The summed E-state index contributed by atoms with van der Waals surface area (Å²) < 4.78 is 12.5. The number of nitrogens with one attached hydrogen (secondary N) is 1. The molecule has 1 aliphatic rings. The molecule has 1 aliphatic heterocycles. The zero-order valence-corrected chi connectivity index (χ0v) is 13.5. The van der Waals surface area contributed by atoms with E-state index in [2.05, 4.69) is 47.2 Å². The van der Waals surface area contributed by atoms with Gasteiger partial charge in [-0.2, -0.15) is 0 Å². The van der Waals surface area contributed by atoms with Gasteiger partial charge in [-0.25, -0.2) is 0 Å². The summed E-state index contributed by atoms with van der Waals surface area (Å²) >= 11 is 3.56.